The molecule has 1 aromatic rings. The Bertz CT molecular complexity index is 697. The van der Waals surface area contributed by atoms with Gasteiger partial charge in [0.2, 0.25) is 0 Å². The Balaban J connectivity index is 1.96. The van der Waals surface area contributed by atoms with Gasteiger partial charge in [0.15, 0.2) is 0 Å². The van der Waals surface area contributed by atoms with Gasteiger partial charge in [-0.2, -0.15) is 0 Å². The van der Waals surface area contributed by atoms with Gasteiger partial charge in [0.1, 0.15) is 5.82 Å². The lowest BCUT2D eigenvalue weighted by Gasteiger charge is -2.46. The molecule has 0 fully saturated rings. The number of halogens is 1. The van der Waals surface area contributed by atoms with Gasteiger partial charge in [-0.15, -0.1) is 0 Å². The maximum Gasteiger partial charge on any atom is 0.123 e. The van der Waals surface area contributed by atoms with E-state index in [1.54, 1.807) is 17.7 Å². The lowest BCUT2D eigenvalue weighted by atomic mass is 9.68. The molecule has 3 heteroatoms. The van der Waals surface area contributed by atoms with Gasteiger partial charge in [-0.1, -0.05) is 39.3 Å². The summed E-state index contributed by atoms with van der Waals surface area (Å²) >= 11 is 0. The smallest absolute Gasteiger partial charge is 0.123 e. The number of benzene rings is 1. The third-order valence-corrected chi connectivity index (χ3v) is 6.15. The summed E-state index contributed by atoms with van der Waals surface area (Å²) in [6.07, 6.45) is 7.07. The van der Waals surface area contributed by atoms with Crippen LogP contribution in [0.25, 0.3) is 0 Å². The molecule has 26 heavy (non-hydrogen) atoms. The van der Waals surface area contributed by atoms with Crippen LogP contribution in [0.2, 0.25) is 0 Å². The molecular weight excluding hydrogens is 323 g/mol. The topological polar surface area (TPSA) is 29.3 Å². The summed E-state index contributed by atoms with van der Waals surface area (Å²) in [4.78, 5) is 2.47. The number of nitrogens with zero attached hydrogens (tertiary/aromatic N) is 1. The second kappa shape index (κ2) is 7.56. The van der Waals surface area contributed by atoms with E-state index >= 15 is 0 Å². The van der Waals surface area contributed by atoms with E-state index in [1.807, 2.05) is 12.1 Å². The molecule has 2 nitrogen and oxygen atoms in total. The van der Waals surface area contributed by atoms with Crippen molar-refractivity contribution in [1.82, 2.24) is 4.90 Å². The highest BCUT2D eigenvalue weighted by molar-refractivity contribution is 5.41. The lowest BCUT2D eigenvalue weighted by Crippen LogP contribution is -2.39. The molecule has 0 amide bonds. The zero-order valence-corrected chi connectivity index (χ0v) is 16.7. The van der Waals surface area contributed by atoms with Crippen molar-refractivity contribution in [3.63, 3.8) is 0 Å². The van der Waals surface area contributed by atoms with E-state index in [0.29, 0.717) is 5.92 Å². The predicted octanol–water partition coefficient (Wildman–Crippen LogP) is 5.41. The van der Waals surface area contributed by atoms with Crippen molar-refractivity contribution >= 4 is 0 Å². The minimum absolute atomic E-state index is 0.0957. The maximum atomic E-state index is 13.2. The minimum atomic E-state index is -0.173. The molecule has 0 spiro atoms. The standard InChI is InChI=1S/C23H33FN2/c1-5-6-18-13-21-22(14-20(18)16(2)25)26(12-11-23(21,3)4)15-17-7-9-19(24)10-8-17/h7-10,14,16,18H,5-6,11-13,15,25H2,1-4H3. The number of nitrogens with two attached hydrogens (primary N) is 1. The Morgan fingerprint density at radius 1 is 1.27 bits per heavy atom. The average molecular weight is 357 g/mol. The maximum absolute atomic E-state index is 13.2. The summed E-state index contributed by atoms with van der Waals surface area (Å²) in [7, 11) is 0. The van der Waals surface area contributed by atoms with Gasteiger partial charge in [0.25, 0.3) is 0 Å². The zero-order valence-electron chi connectivity index (χ0n) is 16.7. The van der Waals surface area contributed by atoms with Crippen molar-refractivity contribution in [2.45, 2.75) is 66.0 Å². The molecule has 2 aliphatic rings. The minimum Gasteiger partial charge on any atom is -0.367 e. The van der Waals surface area contributed by atoms with Crippen LogP contribution in [-0.4, -0.2) is 17.5 Å². The fourth-order valence-electron chi connectivity index (χ4n) is 4.52. The first-order valence-corrected chi connectivity index (χ1v) is 10.0. The van der Waals surface area contributed by atoms with Gasteiger partial charge in [-0.25, -0.2) is 4.39 Å². The Hall–Kier alpha value is -1.61. The quantitative estimate of drug-likeness (QED) is 0.765. The molecule has 0 aromatic heterocycles. The van der Waals surface area contributed by atoms with Crippen molar-refractivity contribution in [3.8, 4) is 0 Å². The first-order valence-electron chi connectivity index (χ1n) is 10.0. The molecule has 1 aromatic carbocycles. The van der Waals surface area contributed by atoms with Crippen molar-refractivity contribution in [2.75, 3.05) is 6.54 Å². The number of allylic oxidation sites excluding steroid dienone is 2. The summed E-state index contributed by atoms with van der Waals surface area (Å²) in [6, 6.07) is 7.00. The molecule has 0 radical (unpaired) electrons. The Labute approximate surface area is 158 Å². The summed E-state index contributed by atoms with van der Waals surface area (Å²) in [5.74, 6) is 0.399. The third-order valence-electron chi connectivity index (χ3n) is 6.15. The SMILES string of the molecule is CCCC1CC2=C(C=C1C(C)N)N(Cc1ccc(F)cc1)CCC2(C)C. The van der Waals surface area contributed by atoms with Crippen LogP contribution < -0.4 is 5.73 Å². The fraction of sp³-hybridized carbons (Fsp3) is 0.565. The van der Waals surface area contributed by atoms with Crippen LogP contribution in [0.1, 0.15) is 58.9 Å². The van der Waals surface area contributed by atoms with Gasteiger partial charge in [0, 0.05) is 24.8 Å². The first kappa shape index (κ1) is 19.2. The molecule has 2 atom stereocenters. The second-order valence-corrected chi connectivity index (χ2v) is 8.67. The highest BCUT2D eigenvalue weighted by atomic mass is 19.1. The molecule has 2 N–H and O–H groups in total. The van der Waals surface area contributed by atoms with Gasteiger partial charge in [-0.3, -0.25) is 0 Å². The largest absolute Gasteiger partial charge is 0.367 e. The first-order chi connectivity index (χ1) is 12.3. The third kappa shape index (κ3) is 3.88. The molecule has 0 saturated heterocycles. The summed E-state index contributed by atoms with van der Waals surface area (Å²) < 4.78 is 13.2. The van der Waals surface area contributed by atoms with E-state index in [1.165, 1.54) is 24.1 Å². The van der Waals surface area contributed by atoms with E-state index in [9.17, 15) is 4.39 Å². The molecule has 0 saturated carbocycles. The van der Waals surface area contributed by atoms with Crippen molar-refractivity contribution < 1.29 is 4.39 Å². The van der Waals surface area contributed by atoms with E-state index in [4.69, 9.17) is 5.73 Å². The monoisotopic (exact) mass is 356 g/mol. The highest BCUT2D eigenvalue weighted by Crippen LogP contribution is 2.47. The van der Waals surface area contributed by atoms with Crippen LogP contribution >= 0.6 is 0 Å². The molecule has 142 valence electrons. The van der Waals surface area contributed by atoms with Crippen LogP contribution in [0.4, 0.5) is 4.39 Å². The summed E-state index contributed by atoms with van der Waals surface area (Å²) in [5, 5.41) is 0. The molecule has 2 unspecified atom stereocenters. The van der Waals surface area contributed by atoms with Crippen molar-refractivity contribution in [2.24, 2.45) is 17.1 Å². The number of hydrogen-bond donors (Lipinski definition) is 1. The second-order valence-electron chi connectivity index (χ2n) is 8.67. The predicted molar refractivity (Wildman–Crippen MR) is 107 cm³/mol. The molecule has 0 bridgehead atoms. The normalized spacial score (nSPS) is 23.5. The summed E-state index contributed by atoms with van der Waals surface area (Å²) in [6.45, 7) is 11.0. The van der Waals surface area contributed by atoms with Gasteiger partial charge in [-0.05, 0) is 72.4 Å². The van der Waals surface area contributed by atoms with Gasteiger partial charge in [0.05, 0.1) is 0 Å². The van der Waals surface area contributed by atoms with Crippen LogP contribution in [0.15, 0.2) is 47.2 Å². The van der Waals surface area contributed by atoms with Crippen molar-refractivity contribution in [3.05, 3.63) is 58.6 Å². The molecular formula is C23H33FN2. The molecule has 1 aliphatic heterocycles. The molecule has 3 rings (SSSR count). The summed E-state index contributed by atoms with van der Waals surface area (Å²) in [5.41, 5.74) is 12.1. The molecule has 1 aliphatic carbocycles. The van der Waals surface area contributed by atoms with Gasteiger partial charge >= 0.3 is 0 Å². The Morgan fingerprint density at radius 2 is 1.96 bits per heavy atom. The highest BCUT2D eigenvalue weighted by Gasteiger charge is 2.37. The van der Waals surface area contributed by atoms with E-state index in [-0.39, 0.29) is 17.3 Å². The van der Waals surface area contributed by atoms with Crippen LogP contribution in [-0.2, 0) is 6.54 Å². The van der Waals surface area contributed by atoms with Crippen LogP contribution in [0.3, 0.4) is 0 Å². The Morgan fingerprint density at radius 3 is 2.58 bits per heavy atom. The number of rotatable bonds is 5. The van der Waals surface area contributed by atoms with Crippen molar-refractivity contribution in [1.29, 1.82) is 0 Å². The Kier molecular flexibility index (Phi) is 5.57. The number of hydrogen-bond acceptors (Lipinski definition) is 2. The van der Waals surface area contributed by atoms with E-state index in [0.717, 1.165) is 31.5 Å². The molecule has 1 heterocycles. The fourth-order valence-corrected chi connectivity index (χ4v) is 4.52. The van der Waals surface area contributed by atoms with Crippen LogP contribution in [0, 0.1) is 17.2 Å². The van der Waals surface area contributed by atoms with Crippen LogP contribution in [0.5, 0.6) is 0 Å². The van der Waals surface area contributed by atoms with Gasteiger partial charge < -0.3 is 10.6 Å². The lowest BCUT2D eigenvalue weighted by molar-refractivity contribution is 0.223. The average Bonchev–Trinajstić information content (AvgIpc) is 2.59. The van der Waals surface area contributed by atoms with E-state index in [2.05, 4.69) is 38.7 Å². The van der Waals surface area contributed by atoms with E-state index < -0.39 is 0 Å². The zero-order chi connectivity index (χ0) is 18.9.